The van der Waals surface area contributed by atoms with E-state index in [-0.39, 0.29) is 11.5 Å². The average molecular weight is 438 g/mol. The highest BCUT2D eigenvalue weighted by molar-refractivity contribution is 5.92. The summed E-state index contributed by atoms with van der Waals surface area (Å²) in [4.78, 5) is 33.3. The van der Waals surface area contributed by atoms with Gasteiger partial charge >= 0.3 is 0 Å². The Morgan fingerprint density at radius 2 is 1.76 bits per heavy atom. The minimum absolute atomic E-state index is 0.132. The van der Waals surface area contributed by atoms with Gasteiger partial charge in [0.1, 0.15) is 5.82 Å². The fourth-order valence-electron chi connectivity index (χ4n) is 4.03. The van der Waals surface area contributed by atoms with Crippen molar-refractivity contribution in [2.24, 2.45) is 0 Å². The maximum Gasteiger partial charge on any atom is 0.266 e. The van der Waals surface area contributed by atoms with Gasteiger partial charge in [0.05, 0.1) is 22.6 Å². The Bertz CT molecular complexity index is 1370. The topological polar surface area (TPSA) is 55.2 Å². The van der Waals surface area contributed by atoms with E-state index in [1.165, 1.54) is 0 Å². The Labute approximate surface area is 193 Å². The van der Waals surface area contributed by atoms with E-state index < -0.39 is 6.04 Å². The molecule has 1 atom stereocenters. The van der Waals surface area contributed by atoms with Crippen LogP contribution in [-0.2, 0) is 4.79 Å². The third kappa shape index (κ3) is 4.62. The maximum absolute atomic E-state index is 13.6. The van der Waals surface area contributed by atoms with Crippen LogP contribution in [0.4, 0.5) is 0 Å². The number of hydrogen-bond donors (Lipinski definition) is 0. The highest BCUT2D eigenvalue weighted by Crippen LogP contribution is 2.23. The highest BCUT2D eigenvalue weighted by Gasteiger charge is 2.24. The summed E-state index contributed by atoms with van der Waals surface area (Å²) in [6, 6.07) is 24.4. The number of aromatic nitrogens is 2. The number of benzene rings is 3. The van der Waals surface area contributed by atoms with Gasteiger partial charge in [-0.25, -0.2) is 4.98 Å². The van der Waals surface area contributed by atoms with Gasteiger partial charge in [-0.1, -0.05) is 54.6 Å². The molecule has 0 aliphatic heterocycles. The smallest absolute Gasteiger partial charge is 0.266 e. The zero-order valence-corrected chi connectivity index (χ0v) is 19.1. The quantitative estimate of drug-likeness (QED) is 0.384. The zero-order valence-electron chi connectivity index (χ0n) is 19.1. The van der Waals surface area contributed by atoms with Crippen LogP contribution in [0.2, 0.25) is 0 Å². The lowest BCUT2D eigenvalue weighted by Crippen LogP contribution is -2.36. The van der Waals surface area contributed by atoms with E-state index in [0.29, 0.717) is 23.3 Å². The largest absolute Gasteiger partial charge is 0.330 e. The van der Waals surface area contributed by atoms with Crippen molar-refractivity contribution in [1.29, 1.82) is 0 Å². The van der Waals surface area contributed by atoms with Gasteiger partial charge in [0.25, 0.3) is 5.56 Å². The molecule has 0 radical (unpaired) electrons. The first-order chi connectivity index (χ1) is 16.0. The molecule has 5 nitrogen and oxygen atoms in total. The first kappa shape index (κ1) is 22.2. The van der Waals surface area contributed by atoms with Gasteiger partial charge in [-0.15, -0.1) is 0 Å². The summed E-state index contributed by atoms with van der Waals surface area (Å²) in [5, 5.41) is 0.549. The molecular formula is C28H27N3O2. The molecule has 4 rings (SSSR count). The van der Waals surface area contributed by atoms with Crippen LogP contribution in [0.25, 0.3) is 22.7 Å². The first-order valence-electron chi connectivity index (χ1n) is 11.1. The van der Waals surface area contributed by atoms with Crippen LogP contribution >= 0.6 is 0 Å². The van der Waals surface area contributed by atoms with Crippen molar-refractivity contribution in [2.45, 2.75) is 26.8 Å². The molecule has 1 amide bonds. The Morgan fingerprint density at radius 1 is 1.03 bits per heavy atom. The van der Waals surface area contributed by atoms with Gasteiger partial charge in [-0.3, -0.25) is 14.2 Å². The molecule has 1 unspecified atom stereocenters. The van der Waals surface area contributed by atoms with Gasteiger partial charge in [-0.05, 0) is 62.2 Å². The SMILES string of the molecule is CCN(C(=O)/C=C/c1ccccc1)C(C)c1nc2ccccc2c(=O)n1-c1cccc(C)c1. The zero-order chi connectivity index (χ0) is 23.4. The Hall–Kier alpha value is -3.99. The standard InChI is InChI=1S/C28H27N3O2/c1-4-30(26(32)18-17-22-12-6-5-7-13-22)21(3)27-29-25-16-9-8-15-24(25)28(33)31(27)23-14-10-11-20(2)19-23/h5-19,21H,4H2,1-3H3/b18-17+. The molecule has 0 N–H and O–H groups in total. The van der Waals surface area contributed by atoms with Crippen molar-refractivity contribution in [3.63, 3.8) is 0 Å². The number of fused-ring (bicyclic) bond motifs is 1. The van der Waals surface area contributed by atoms with E-state index in [4.69, 9.17) is 4.98 Å². The highest BCUT2D eigenvalue weighted by atomic mass is 16.2. The van der Waals surface area contributed by atoms with Crippen LogP contribution in [0.1, 0.15) is 36.8 Å². The van der Waals surface area contributed by atoms with E-state index in [9.17, 15) is 9.59 Å². The Balaban J connectivity index is 1.81. The molecule has 0 saturated carbocycles. The monoisotopic (exact) mass is 437 g/mol. The van der Waals surface area contributed by atoms with Crippen molar-refractivity contribution < 1.29 is 4.79 Å². The predicted molar refractivity (Wildman–Crippen MR) is 133 cm³/mol. The number of likely N-dealkylation sites (N-methyl/N-ethyl adjacent to an activating group) is 1. The third-order valence-electron chi connectivity index (χ3n) is 5.74. The molecule has 0 aliphatic carbocycles. The fourth-order valence-corrected chi connectivity index (χ4v) is 4.03. The number of para-hydroxylation sites is 1. The van der Waals surface area contributed by atoms with Crippen molar-refractivity contribution in [3.8, 4) is 5.69 Å². The molecule has 0 spiro atoms. The molecule has 0 saturated heterocycles. The van der Waals surface area contributed by atoms with Gasteiger partial charge in [0.2, 0.25) is 5.91 Å². The fraction of sp³-hybridized carbons (Fsp3) is 0.179. The van der Waals surface area contributed by atoms with Crippen LogP contribution < -0.4 is 5.56 Å². The molecular weight excluding hydrogens is 410 g/mol. The van der Waals surface area contributed by atoms with Gasteiger partial charge in [-0.2, -0.15) is 0 Å². The molecule has 0 aliphatic rings. The maximum atomic E-state index is 13.6. The van der Waals surface area contributed by atoms with Crippen molar-refractivity contribution in [1.82, 2.24) is 14.5 Å². The minimum atomic E-state index is -0.416. The van der Waals surface area contributed by atoms with Crippen molar-refractivity contribution >= 4 is 22.9 Å². The molecule has 5 heteroatoms. The lowest BCUT2D eigenvalue weighted by Gasteiger charge is -2.28. The molecule has 0 fully saturated rings. The second-order valence-electron chi connectivity index (χ2n) is 8.01. The van der Waals surface area contributed by atoms with Crippen molar-refractivity contribution in [3.05, 3.63) is 112 Å². The molecule has 0 bridgehead atoms. The van der Waals surface area contributed by atoms with Crippen LogP contribution in [0.5, 0.6) is 0 Å². The summed E-state index contributed by atoms with van der Waals surface area (Å²) in [7, 11) is 0. The number of rotatable bonds is 6. The number of aryl methyl sites for hydroxylation is 1. The molecule has 3 aromatic carbocycles. The third-order valence-corrected chi connectivity index (χ3v) is 5.74. The summed E-state index contributed by atoms with van der Waals surface area (Å²) in [5.74, 6) is 0.402. The van der Waals surface area contributed by atoms with Crippen LogP contribution in [-0.4, -0.2) is 26.9 Å². The molecule has 33 heavy (non-hydrogen) atoms. The summed E-state index contributed by atoms with van der Waals surface area (Å²) in [6.07, 6.45) is 3.38. The van der Waals surface area contributed by atoms with E-state index in [1.807, 2.05) is 93.6 Å². The second-order valence-corrected chi connectivity index (χ2v) is 8.01. The van der Waals surface area contributed by atoms with Crippen LogP contribution in [0.3, 0.4) is 0 Å². The molecule has 1 aromatic heterocycles. The summed E-state index contributed by atoms with van der Waals surface area (Å²) in [6.45, 7) is 6.32. The average Bonchev–Trinajstić information content (AvgIpc) is 2.83. The molecule has 1 heterocycles. The lowest BCUT2D eigenvalue weighted by molar-refractivity contribution is -0.128. The normalized spacial score (nSPS) is 12.2. The lowest BCUT2D eigenvalue weighted by atomic mass is 10.1. The first-order valence-corrected chi connectivity index (χ1v) is 11.1. The molecule has 166 valence electrons. The van der Waals surface area contributed by atoms with Gasteiger partial charge in [0.15, 0.2) is 0 Å². The molecule has 4 aromatic rings. The van der Waals surface area contributed by atoms with E-state index in [1.54, 1.807) is 27.7 Å². The Kier molecular flexibility index (Phi) is 6.50. The second kappa shape index (κ2) is 9.65. The van der Waals surface area contributed by atoms with E-state index in [2.05, 4.69) is 0 Å². The van der Waals surface area contributed by atoms with Crippen LogP contribution in [0.15, 0.2) is 89.7 Å². The van der Waals surface area contributed by atoms with E-state index in [0.717, 1.165) is 16.8 Å². The van der Waals surface area contributed by atoms with Crippen LogP contribution in [0, 0.1) is 6.92 Å². The number of amides is 1. The predicted octanol–water partition coefficient (Wildman–Crippen LogP) is 5.32. The number of carbonyl (C=O) groups is 1. The summed E-state index contributed by atoms with van der Waals surface area (Å²) >= 11 is 0. The minimum Gasteiger partial charge on any atom is -0.330 e. The Morgan fingerprint density at radius 3 is 2.48 bits per heavy atom. The number of nitrogens with zero attached hydrogens (tertiary/aromatic N) is 3. The number of carbonyl (C=O) groups excluding carboxylic acids is 1. The van der Waals surface area contributed by atoms with E-state index >= 15 is 0 Å². The van der Waals surface area contributed by atoms with Gasteiger partial charge < -0.3 is 4.90 Å². The van der Waals surface area contributed by atoms with Crippen molar-refractivity contribution in [2.75, 3.05) is 6.54 Å². The summed E-state index contributed by atoms with van der Waals surface area (Å²) in [5.41, 5.74) is 3.21. The summed E-state index contributed by atoms with van der Waals surface area (Å²) < 4.78 is 1.64. The van der Waals surface area contributed by atoms with Gasteiger partial charge in [0, 0.05) is 12.6 Å². The number of hydrogen-bond acceptors (Lipinski definition) is 3.